The predicted molar refractivity (Wildman–Crippen MR) is 94.3 cm³/mol. The fourth-order valence-corrected chi connectivity index (χ4v) is 4.46. The summed E-state index contributed by atoms with van der Waals surface area (Å²) in [7, 11) is 0. The van der Waals surface area contributed by atoms with Gasteiger partial charge in [0.15, 0.2) is 0 Å². The molecule has 0 amide bonds. The highest BCUT2D eigenvalue weighted by Gasteiger charge is 2.32. The third-order valence-corrected chi connectivity index (χ3v) is 5.81. The van der Waals surface area contributed by atoms with E-state index in [1.807, 2.05) is 0 Å². The molecular weight excluding hydrogens is 240 g/mol. The van der Waals surface area contributed by atoms with Crippen LogP contribution in [0.4, 0.5) is 0 Å². The van der Waals surface area contributed by atoms with Crippen LogP contribution in [0.1, 0.15) is 119 Å². The number of hydrogen-bond acceptors (Lipinski definition) is 0. The summed E-state index contributed by atoms with van der Waals surface area (Å²) >= 11 is 0. The zero-order valence-electron chi connectivity index (χ0n) is 15.5. The zero-order chi connectivity index (χ0) is 15.5. The Kier molecular flexibility index (Phi) is 10.7. The highest BCUT2D eigenvalue weighted by molar-refractivity contribution is 4.84. The van der Waals surface area contributed by atoms with Crippen molar-refractivity contribution in [1.29, 1.82) is 0 Å². The average molecular weight is 283 g/mol. The molecule has 122 valence electrons. The minimum absolute atomic E-state index is 0.644. The monoisotopic (exact) mass is 282 g/mol. The van der Waals surface area contributed by atoms with Crippen molar-refractivity contribution in [3.63, 3.8) is 0 Å². The molecule has 0 saturated carbocycles. The molecule has 0 aliphatic heterocycles. The summed E-state index contributed by atoms with van der Waals surface area (Å²) in [5.74, 6) is 0. The molecule has 0 aromatic heterocycles. The van der Waals surface area contributed by atoms with Gasteiger partial charge in [0.25, 0.3) is 0 Å². The fraction of sp³-hybridized carbons (Fsp3) is 1.00. The molecule has 0 aliphatic carbocycles. The molecule has 0 heterocycles. The lowest BCUT2D eigenvalue weighted by Crippen LogP contribution is -2.26. The summed E-state index contributed by atoms with van der Waals surface area (Å²) in [5, 5.41) is 0. The van der Waals surface area contributed by atoms with Gasteiger partial charge in [-0.2, -0.15) is 0 Å². The van der Waals surface area contributed by atoms with E-state index in [2.05, 4.69) is 41.5 Å². The maximum absolute atomic E-state index is 2.43. The number of hydrogen-bond donors (Lipinski definition) is 0. The molecule has 0 aromatic rings. The van der Waals surface area contributed by atoms with Gasteiger partial charge in [0.2, 0.25) is 0 Å². The number of rotatable bonds is 13. The van der Waals surface area contributed by atoms with Crippen LogP contribution in [0.15, 0.2) is 0 Å². The fourth-order valence-electron chi connectivity index (χ4n) is 4.46. The first-order chi connectivity index (χ1) is 9.57. The van der Waals surface area contributed by atoms with E-state index >= 15 is 0 Å². The van der Waals surface area contributed by atoms with Crippen molar-refractivity contribution >= 4 is 0 Å². The SMILES string of the molecule is CCCC(CC)(CCC)CCC(CC)(CCC)CCC. The standard InChI is InChI=1S/C20H42/c1-7-13-19(11-5,14-8-2)17-18-20(12-6,15-9-3)16-10-4/h7-18H2,1-6H3. The average Bonchev–Trinajstić information content (AvgIpc) is 2.45. The Morgan fingerprint density at radius 3 is 0.800 bits per heavy atom. The van der Waals surface area contributed by atoms with Crippen LogP contribution in [0.5, 0.6) is 0 Å². The van der Waals surface area contributed by atoms with Crippen molar-refractivity contribution in [2.45, 2.75) is 119 Å². The minimum atomic E-state index is 0.644. The molecule has 0 aliphatic rings. The van der Waals surface area contributed by atoms with Gasteiger partial charge in [-0.25, -0.2) is 0 Å². The van der Waals surface area contributed by atoms with E-state index in [0.29, 0.717) is 10.8 Å². The summed E-state index contributed by atoms with van der Waals surface area (Å²) in [6, 6.07) is 0. The van der Waals surface area contributed by atoms with Crippen molar-refractivity contribution in [3.05, 3.63) is 0 Å². The molecule has 20 heavy (non-hydrogen) atoms. The smallest absolute Gasteiger partial charge is 0.0300 e. The van der Waals surface area contributed by atoms with Gasteiger partial charge in [0, 0.05) is 0 Å². The Morgan fingerprint density at radius 2 is 0.650 bits per heavy atom. The molecular formula is C20H42. The second-order valence-electron chi connectivity index (χ2n) is 7.21. The molecule has 0 spiro atoms. The maximum atomic E-state index is 2.43. The predicted octanol–water partition coefficient (Wildman–Crippen LogP) is 7.76. The molecule has 0 fully saturated rings. The van der Waals surface area contributed by atoms with Crippen LogP contribution in [-0.4, -0.2) is 0 Å². The van der Waals surface area contributed by atoms with E-state index in [1.165, 1.54) is 77.0 Å². The molecule has 0 N–H and O–H groups in total. The first-order valence-corrected chi connectivity index (χ1v) is 9.57. The first kappa shape index (κ1) is 20.0. The van der Waals surface area contributed by atoms with Gasteiger partial charge in [-0.05, 0) is 49.4 Å². The van der Waals surface area contributed by atoms with Gasteiger partial charge in [0.05, 0.1) is 0 Å². The molecule has 0 aromatic carbocycles. The van der Waals surface area contributed by atoms with Crippen LogP contribution >= 0.6 is 0 Å². The normalized spacial score (nSPS) is 12.9. The highest BCUT2D eigenvalue weighted by atomic mass is 14.4. The van der Waals surface area contributed by atoms with E-state index in [0.717, 1.165) is 0 Å². The molecule has 0 nitrogen and oxygen atoms in total. The van der Waals surface area contributed by atoms with Crippen LogP contribution < -0.4 is 0 Å². The van der Waals surface area contributed by atoms with Gasteiger partial charge in [0.1, 0.15) is 0 Å². The van der Waals surface area contributed by atoms with E-state index in [1.54, 1.807) is 0 Å². The summed E-state index contributed by atoms with van der Waals surface area (Å²) in [6.07, 6.45) is 16.9. The van der Waals surface area contributed by atoms with Gasteiger partial charge in [-0.3, -0.25) is 0 Å². The highest BCUT2D eigenvalue weighted by Crippen LogP contribution is 2.45. The Morgan fingerprint density at radius 1 is 0.400 bits per heavy atom. The van der Waals surface area contributed by atoms with Crippen LogP contribution in [0.2, 0.25) is 0 Å². The van der Waals surface area contributed by atoms with E-state index in [4.69, 9.17) is 0 Å². The summed E-state index contributed by atoms with van der Waals surface area (Å²) in [5.41, 5.74) is 1.29. The molecule has 0 rings (SSSR count). The van der Waals surface area contributed by atoms with Gasteiger partial charge < -0.3 is 0 Å². The van der Waals surface area contributed by atoms with E-state index in [-0.39, 0.29) is 0 Å². The van der Waals surface area contributed by atoms with Crippen LogP contribution in [-0.2, 0) is 0 Å². The largest absolute Gasteiger partial charge is 0.0654 e. The molecule has 0 radical (unpaired) electrons. The van der Waals surface area contributed by atoms with Gasteiger partial charge in [-0.1, -0.05) is 80.1 Å². The second-order valence-corrected chi connectivity index (χ2v) is 7.21. The minimum Gasteiger partial charge on any atom is -0.0654 e. The molecule has 0 heteroatoms. The van der Waals surface area contributed by atoms with Crippen molar-refractivity contribution in [2.75, 3.05) is 0 Å². The Labute approximate surface area is 130 Å². The molecule has 0 unspecified atom stereocenters. The maximum Gasteiger partial charge on any atom is -0.0300 e. The van der Waals surface area contributed by atoms with E-state index in [9.17, 15) is 0 Å². The van der Waals surface area contributed by atoms with Crippen LogP contribution in [0, 0.1) is 10.8 Å². The summed E-state index contributed by atoms with van der Waals surface area (Å²) in [6.45, 7) is 14.3. The van der Waals surface area contributed by atoms with Crippen molar-refractivity contribution in [2.24, 2.45) is 10.8 Å². The summed E-state index contributed by atoms with van der Waals surface area (Å²) < 4.78 is 0. The quantitative estimate of drug-likeness (QED) is 0.324. The Bertz CT molecular complexity index is 180. The van der Waals surface area contributed by atoms with E-state index < -0.39 is 0 Å². The van der Waals surface area contributed by atoms with Crippen molar-refractivity contribution < 1.29 is 0 Å². The molecule has 0 atom stereocenters. The molecule has 0 bridgehead atoms. The third kappa shape index (κ3) is 6.19. The van der Waals surface area contributed by atoms with Crippen molar-refractivity contribution in [1.82, 2.24) is 0 Å². The topological polar surface area (TPSA) is 0 Å². The second kappa shape index (κ2) is 10.7. The lowest BCUT2D eigenvalue weighted by Gasteiger charge is -2.39. The van der Waals surface area contributed by atoms with Gasteiger partial charge in [-0.15, -0.1) is 0 Å². The third-order valence-electron chi connectivity index (χ3n) is 5.81. The van der Waals surface area contributed by atoms with Crippen LogP contribution in [0.25, 0.3) is 0 Å². The lowest BCUT2D eigenvalue weighted by atomic mass is 9.66. The summed E-state index contributed by atoms with van der Waals surface area (Å²) in [4.78, 5) is 0. The first-order valence-electron chi connectivity index (χ1n) is 9.57. The Hall–Kier alpha value is 0. The van der Waals surface area contributed by atoms with Crippen LogP contribution in [0.3, 0.4) is 0 Å². The molecule has 0 saturated heterocycles. The Balaban J connectivity index is 4.83. The van der Waals surface area contributed by atoms with Gasteiger partial charge >= 0.3 is 0 Å². The lowest BCUT2D eigenvalue weighted by molar-refractivity contribution is 0.126. The zero-order valence-corrected chi connectivity index (χ0v) is 15.5. The van der Waals surface area contributed by atoms with Crippen molar-refractivity contribution in [3.8, 4) is 0 Å².